The minimum absolute atomic E-state index is 0.0562. The molecule has 0 bridgehead atoms. The second-order valence-corrected chi connectivity index (χ2v) is 11.8. The van der Waals surface area contributed by atoms with Crippen LogP contribution in [0.5, 0.6) is 0 Å². The molecule has 1 unspecified atom stereocenters. The number of halogens is 1. The zero-order chi connectivity index (χ0) is 24.5. The molecule has 0 saturated carbocycles. The number of nitrogens with one attached hydrogen (secondary N) is 1. The first-order valence-electron chi connectivity index (χ1n) is 11.3. The number of rotatable bonds is 6. The average molecular weight is 517 g/mol. The Morgan fingerprint density at radius 3 is 2.71 bits per heavy atom. The average Bonchev–Trinajstić information content (AvgIpc) is 3.42. The maximum absolute atomic E-state index is 13.5. The lowest BCUT2D eigenvalue weighted by atomic mass is 9.88. The summed E-state index contributed by atoms with van der Waals surface area (Å²) in [6.07, 6.45) is 0.829. The van der Waals surface area contributed by atoms with Crippen LogP contribution in [0.1, 0.15) is 55.5 Å². The summed E-state index contributed by atoms with van der Waals surface area (Å²) in [5.74, 6) is 0.627. The van der Waals surface area contributed by atoms with Crippen molar-refractivity contribution >= 4 is 52.3 Å². The maximum atomic E-state index is 13.5. The van der Waals surface area contributed by atoms with E-state index in [4.69, 9.17) is 16.7 Å². The molecule has 1 aliphatic heterocycles. The molecule has 3 aromatic rings. The highest BCUT2D eigenvalue weighted by molar-refractivity contribution is 8.00. The first-order chi connectivity index (χ1) is 16.2. The molecule has 34 heavy (non-hydrogen) atoms. The van der Waals surface area contributed by atoms with Crippen molar-refractivity contribution in [1.82, 2.24) is 15.1 Å². The molecule has 2 amide bonds. The van der Waals surface area contributed by atoms with Crippen LogP contribution in [0.4, 0.5) is 5.82 Å². The zero-order valence-electron chi connectivity index (χ0n) is 19.8. The molecule has 0 radical (unpaired) electrons. The van der Waals surface area contributed by atoms with Crippen LogP contribution in [-0.4, -0.2) is 40.4 Å². The second-order valence-electron chi connectivity index (χ2n) is 9.26. The molecule has 1 aliphatic rings. The monoisotopic (exact) mass is 516 g/mol. The fourth-order valence-corrected chi connectivity index (χ4v) is 6.35. The third-order valence-corrected chi connectivity index (χ3v) is 8.09. The molecule has 2 aromatic heterocycles. The van der Waals surface area contributed by atoms with E-state index in [1.165, 1.54) is 0 Å². The molecule has 6 nitrogen and oxygen atoms in total. The van der Waals surface area contributed by atoms with Crippen molar-refractivity contribution in [1.29, 1.82) is 0 Å². The first kappa shape index (κ1) is 24.8. The van der Waals surface area contributed by atoms with E-state index >= 15 is 0 Å². The van der Waals surface area contributed by atoms with E-state index in [-0.39, 0.29) is 34.8 Å². The fourth-order valence-electron chi connectivity index (χ4n) is 3.99. The number of nitrogens with zero attached hydrogens (tertiary/aromatic N) is 3. The van der Waals surface area contributed by atoms with Crippen LogP contribution >= 0.6 is 34.7 Å². The number of carbonyl (C=O) groups excluding carboxylic acids is 2. The molecule has 3 heterocycles. The Morgan fingerprint density at radius 2 is 2.06 bits per heavy atom. The van der Waals surface area contributed by atoms with Crippen LogP contribution in [0, 0.1) is 0 Å². The van der Waals surface area contributed by atoms with Crippen molar-refractivity contribution in [3.63, 3.8) is 0 Å². The van der Waals surface area contributed by atoms with Gasteiger partial charge in [0.25, 0.3) is 0 Å². The molecule has 4 rings (SSSR count). The second kappa shape index (κ2) is 10.1. The van der Waals surface area contributed by atoms with Gasteiger partial charge in [-0.05, 0) is 36.1 Å². The van der Waals surface area contributed by atoms with Crippen molar-refractivity contribution in [2.75, 3.05) is 23.7 Å². The van der Waals surface area contributed by atoms with E-state index in [2.05, 4.69) is 37.5 Å². The van der Waals surface area contributed by atoms with Gasteiger partial charge in [0.2, 0.25) is 11.8 Å². The van der Waals surface area contributed by atoms with E-state index < -0.39 is 0 Å². The van der Waals surface area contributed by atoms with Gasteiger partial charge < -0.3 is 5.32 Å². The van der Waals surface area contributed by atoms with Crippen molar-refractivity contribution in [2.45, 2.75) is 44.8 Å². The number of hydrogen-bond donors (Lipinski definition) is 1. The molecule has 0 saturated heterocycles. The normalized spacial score (nSPS) is 16.3. The summed E-state index contributed by atoms with van der Waals surface area (Å²) in [6, 6.07) is 11.6. The Kier molecular flexibility index (Phi) is 7.40. The van der Waals surface area contributed by atoms with Crippen molar-refractivity contribution < 1.29 is 9.59 Å². The number of carbonyl (C=O) groups is 2. The third kappa shape index (κ3) is 5.04. The quantitative estimate of drug-likeness (QED) is 0.464. The molecule has 9 heteroatoms. The lowest BCUT2D eigenvalue weighted by molar-refractivity contribution is -0.122. The third-order valence-electron chi connectivity index (χ3n) is 5.53. The van der Waals surface area contributed by atoms with Crippen molar-refractivity contribution in [3.8, 4) is 5.69 Å². The number of benzene rings is 1. The van der Waals surface area contributed by atoms with Gasteiger partial charge >= 0.3 is 0 Å². The Morgan fingerprint density at radius 1 is 1.26 bits per heavy atom. The van der Waals surface area contributed by atoms with Crippen LogP contribution < -0.4 is 10.2 Å². The lowest BCUT2D eigenvalue weighted by Gasteiger charge is -2.24. The van der Waals surface area contributed by atoms with E-state index in [1.54, 1.807) is 32.7 Å². The highest BCUT2D eigenvalue weighted by Crippen LogP contribution is 2.49. The van der Waals surface area contributed by atoms with Gasteiger partial charge in [-0.1, -0.05) is 51.4 Å². The van der Waals surface area contributed by atoms with Crippen LogP contribution in [0.3, 0.4) is 0 Å². The molecule has 1 atom stereocenters. The smallest absolute Gasteiger partial charge is 0.240 e. The molecule has 1 N–H and O–H groups in total. The Bertz CT molecular complexity index is 1180. The van der Waals surface area contributed by atoms with E-state index in [1.807, 2.05) is 37.3 Å². The Balaban J connectivity index is 1.98. The molecule has 180 valence electrons. The van der Waals surface area contributed by atoms with Gasteiger partial charge in [-0.3, -0.25) is 14.5 Å². The number of thioether (sulfide) groups is 1. The van der Waals surface area contributed by atoms with Gasteiger partial charge in [-0.25, -0.2) is 4.68 Å². The summed E-state index contributed by atoms with van der Waals surface area (Å²) in [5, 5.41) is 10.5. The van der Waals surface area contributed by atoms with Gasteiger partial charge in [0.05, 0.1) is 22.4 Å². The molecule has 1 aromatic carbocycles. The maximum Gasteiger partial charge on any atom is 0.240 e. The summed E-state index contributed by atoms with van der Waals surface area (Å²) in [6.45, 7) is 8.89. The van der Waals surface area contributed by atoms with Crippen LogP contribution in [0.25, 0.3) is 5.69 Å². The minimum Gasteiger partial charge on any atom is -0.355 e. The lowest BCUT2D eigenvalue weighted by Crippen LogP contribution is -2.42. The van der Waals surface area contributed by atoms with Crippen LogP contribution in [0.15, 0.2) is 41.8 Å². The predicted molar refractivity (Wildman–Crippen MR) is 142 cm³/mol. The standard InChI is InChI=1S/C25H29ClN4O2S2/c1-5-11-27-19(31)14-29-20(32)15-34-22(18-10-7-12-33-18)21-23(25(2,3)4)28-30(24(21)29)17-9-6-8-16(26)13-17/h6-10,12-13,22H,5,11,14-15H2,1-4H3,(H,27,31). The summed E-state index contributed by atoms with van der Waals surface area (Å²) in [5.41, 5.74) is 2.35. The molecule has 0 aliphatic carbocycles. The molecular formula is C25H29ClN4O2S2. The van der Waals surface area contributed by atoms with Gasteiger partial charge in [0.15, 0.2) is 0 Å². The number of fused-ring (bicyclic) bond motifs is 1. The summed E-state index contributed by atoms with van der Waals surface area (Å²) >= 11 is 9.59. The summed E-state index contributed by atoms with van der Waals surface area (Å²) < 4.78 is 1.79. The topological polar surface area (TPSA) is 67.2 Å². The highest BCUT2D eigenvalue weighted by Gasteiger charge is 2.40. The van der Waals surface area contributed by atoms with Gasteiger partial charge in [-0.15, -0.1) is 23.1 Å². The molecule has 0 spiro atoms. The zero-order valence-corrected chi connectivity index (χ0v) is 22.2. The van der Waals surface area contributed by atoms with Gasteiger partial charge in [0, 0.05) is 27.4 Å². The molecule has 0 fully saturated rings. The van der Waals surface area contributed by atoms with Crippen LogP contribution in [-0.2, 0) is 15.0 Å². The number of hydrogen-bond acceptors (Lipinski definition) is 5. The first-order valence-corrected chi connectivity index (χ1v) is 13.6. The SMILES string of the molecule is CCCNC(=O)CN1C(=O)CSC(c2cccs2)c2c(C(C)(C)C)nn(-c3cccc(Cl)c3)c21. The van der Waals surface area contributed by atoms with E-state index in [0.717, 1.165) is 28.2 Å². The number of thiophene rings is 1. The summed E-state index contributed by atoms with van der Waals surface area (Å²) in [4.78, 5) is 29.0. The van der Waals surface area contributed by atoms with Crippen LogP contribution in [0.2, 0.25) is 5.02 Å². The van der Waals surface area contributed by atoms with E-state index in [0.29, 0.717) is 17.4 Å². The number of aromatic nitrogens is 2. The largest absolute Gasteiger partial charge is 0.355 e. The highest BCUT2D eigenvalue weighted by atomic mass is 35.5. The fraction of sp³-hybridized carbons (Fsp3) is 0.400. The van der Waals surface area contributed by atoms with Gasteiger partial charge in [-0.2, -0.15) is 5.10 Å². The minimum atomic E-state index is -0.284. The predicted octanol–water partition coefficient (Wildman–Crippen LogP) is 5.58. The van der Waals surface area contributed by atoms with E-state index in [9.17, 15) is 9.59 Å². The Hall–Kier alpha value is -2.29. The number of amides is 2. The van der Waals surface area contributed by atoms with Crippen molar-refractivity contribution in [2.24, 2.45) is 0 Å². The Labute approximate surface area is 213 Å². The summed E-state index contributed by atoms with van der Waals surface area (Å²) in [7, 11) is 0. The molecular weight excluding hydrogens is 488 g/mol. The number of anilines is 1. The van der Waals surface area contributed by atoms with Gasteiger partial charge in [0.1, 0.15) is 12.4 Å². The van der Waals surface area contributed by atoms with Crippen molar-refractivity contribution in [3.05, 3.63) is 62.9 Å².